The van der Waals surface area contributed by atoms with Gasteiger partial charge < -0.3 is 19.3 Å². The topological polar surface area (TPSA) is 89.8 Å². The molecule has 0 radical (unpaired) electrons. The number of methoxy groups -OCH3 is 1. The lowest BCUT2D eigenvalue weighted by Gasteiger charge is -2.38. The van der Waals surface area contributed by atoms with E-state index in [2.05, 4.69) is 35.9 Å². The molecule has 0 N–H and O–H groups in total. The minimum absolute atomic E-state index is 0.0392. The van der Waals surface area contributed by atoms with Gasteiger partial charge in [-0.1, -0.05) is 32.6 Å². The van der Waals surface area contributed by atoms with Crippen LogP contribution < -0.4 is 4.74 Å². The largest absolute Gasteiger partial charge is 0.496 e. The van der Waals surface area contributed by atoms with Crippen LogP contribution in [0, 0.1) is 5.82 Å². The quantitative estimate of drug-likeness (QED) is 0.166. The van der Waals surface area contributed by atoms with Crippen molar-refractivity contribution in [3.63, 3.8) is 0 Å². The Hall–Kier alpha value is -5.03. The number of carbonyl (C=O) groups excluding carboxylic acids is 2. The molecule has 0 unspecified atom stereocenters. The second-order valence-electron chi connectivity index (χ2n) is 13.1. The van der Waals surface area contributed by atoms with Crippen molar-refractivity contribution in [1.82, 2.24) is 24.6 Å². The molecule has 5 heterocycles. The average Bonchev–Trinajstić information content (AvgIpc) is 3.77. The number of thiophene rings is 1. The molecular weight excluding hydrogens is 654 g/mol. The Balaban J connectivity index is 0.00000212. The van der Waals surface area contributed by atoms with Crippen molar-refractivity contribution < 1.29 is 23.5 Å². The van der Waals surface area contributed by atoms with Crippen molar-refractivity contribution in [2.45, 2.75) is 59.2 Å². The number of carbonyl (C=O) groups is 2. The lowest BCUT2D eigenvalue weighted by atomic mass is 9.93. The summed E-state index contributed by atoms with van der Waals surface area (Å²) in [6.45, 7) is 15.4. The predicted octanol–water partition coefficient (Wildman–Crippen LogP) is 8.53. The Kier molecular flexibility index (Phi) is 9.80. The van der Waals surface area contributed by atoms with E-state index in [0.29, 0.717) is 44.0 Å². The minimum atomic E-state index is -0.556. The van der Waals surface area contributed by atoms with Crippen LogP contribution in [0.3, 0.4) is 0 Å². The van der Waals surface area contributed by atoms with Gasteiger partial charge in [0.05, 0.1) is 30.7 Å². The molecule has 1 fully saturated rings. The molecule has 5 aromatic rings. The molecule has 2 aliphatic heterocycles. The van der Waals surface area contributed by atoms with Gasteiger partial charge in [-0.3, -0.25) is 9.48 Å². The third-order valence-corrected chi connectivity index (χ3v) is 9.71. The van der Waals surface area contributed by atoms with Crippen LogP contribution in [0.1, 0.15) is 51.8 Å². The van der Waals surface area contributed by atoms with Crippen LogP contribution in [-0.2, 0) is 22.5 Å². The molecular formula is C39H42FN5O4S. The summed E-state index contributed by atoms with van der Waals surface area (Å²) in [7, 11) is 1.54. The molecule has 7 rings (SSSR count). The number of fused-ring (bicyclic) bond motifs is 2. The third-order valence-electron chi connectivity index (χ3n) is 8.78. The van der Waals surface area contributed by atoms with Crippen molar-refractivity contribution in [3.8, 4) is 39.4 Å². The lowest BCUT2D eigenvalue weighted by molar-refractivity contribution is -0.131. The Bertz CT molecular complexity index is 2070. The zero-order valence-corrected chi connectivity index (χ0v) is 30.1. The molecule has 260 valence electrons. The number of halogens is 1. The number of benzene rings is 2. The zero-order valence-electron chi connectivity index (χ0n) is 29.3. The molecule has 0 aliphatic carbocycles. The van der Waals surface area contributed by atoms with Gasteiger partial charge in [0, 0.05) is 70.8 Å². The predicted molar refractivity (Wildman–Crippen MR) is 196 cm³/mol. The average molecular weight is 696 g/mol. The van der Waals surface area contributed by atoms with Crippen molar-refractivity contribution in [3.05, 3.63) is 89.8 Å². The first-order chi connectivity index (χ1) is 24.0. The van der Waals surface area contributed by atoms with Crippen LogP contribution in [0.2, 0.25) is 0 Å². The number of pyridine rings is 1. The number of likely N-dealkylation sites (tertiary alicyclic amines) is 1. The molecule has 2 aromatic carbocycles. The zero-order chi connectivity index (χ0) is 35.7. The molecule has 0 saturated carbocycles. The summed E-state index contributed by atoms with van der Waals surface area (Å²) in [6, 6.07) is 13.0. The SMILES string of the molecule is C=CC(=O)N1CC(n2cc(-c3nc(-c4ccc5c(c4)CCN(C(=O)OC(C)(C)C)C5)c4ccsc4c3-c3ccc(F)cc3OC)cn2)C1.CC. The lowest BCUT2D eigenvalue weighted by Crippen LogP contribution is -2.50. The maximum Gasteiger partial charge on any atom is 0.410 e. The van der Waals surface area contributed by atoms with Gasteiger partial charge in [0.15, 0.2) is 0 Å². The number of amides is 2. The van der Waals surface area contributed by atoms with E-state index in [-0.39, 0.29) is 23.9 Å². The fourth-order valence-corrected chi connectivity index (χ4v) is 7.31. The monoisotopic (exact) mass is 695 g/mol. The summed E-state index contributed by atoms with van der Waals surface area (Å²) in [5, 5.41) is 7.69. The summed E-state index contributed by atoms with van der Waals surface area (Å²) in [6.07, 6.45) is 5.47. The highest BCUT2D eigenvalue weighted by molar-refractivity contribution is 7.18. The minimum Gasteiger partial charge on any atom is -0.496 e. The van der Waals surface area contributed by atoms with Crippen LogP contribution in [0.15, 0.2) is 72.9 Å². The van der Waals surface area contributed by atoms with Crippen LogP contribution in [0.5, 0.6) is 5.75 Å². The second kappa shape index (κ2) is 14.1. The van der Waals surface area contributed by atoms with E-state index in [1.807, 2.05) is 50.9 Å². The highest BCUT2D eigenvalue weighted by Crippen LogP contribution is 2.46. The molecule has 9 nitrogen and oxygen atoms in total. The molecule has 11 heteroatoms. The number of hydrogen-bond acceptors (Lipinski definition) is 7. The number of ether oxygens (including phenoxy) is 2. The smallest absolute Gasteiger partial charge is 0.410 e. The van der Waals surface area contributed by atoms with Crippen molar-refractivity contribution in [1.29, 1.82) is 0 Å². The van der Waals surface area contributed by atoms with Gasteiger partial charge >= 0.3 is 6.09 Å². The molecule has 1 saturated heterocycles. The van der Waals surface area contributed by atoms with Gasteiger partial charge in [-0.05, 0) is 74.0 Å². The van der Waals surface area contributed by atoms with Gasteiger partial charge in [-0.25, -0.2) is 14.2 Å². The van der Waals surface area contributed by atoms with E-state index in [1.165, 1.54) is 30.9 Å². The fraction of sp³-hybridized carbons (Fsp3) is 0.333. The van der Waals surface area contributed by atoms with Crippen LogP contribution in [-0.4, -0.2) is 68.9 Å². The summed E-state index contributed by atoms with van der Waals surface area (Å²) in [5.74, 6) is -0.0740. The number of rotatable bonds is 6. The summed E-state index contributed by atoms with van der Waals surface area (Å²) in [5.41, 5.74) is 6.54. The Morgan fingerprint density at radius 2 is 1.80 bits per heavy atom. The van der Waals surface area contributed by atoms with E-state index in [4.69, 9.17) is 14.5 Å². The maximum atomic E-state index is 14.4. The van der Waals surface area contributed by atoms with Crippen molar-refractivity contribution in [2.75, 3.05) is 26.7 Å². The number of hydrogen-bond donors (Lipinski definition) is 0. The van der Waals surface area contributed by atoms with E-state index >= 15 is 0 Å². The summed E-state index contributed by atoms with van der Waals surface area (Å²) < 4.78 is 28.5. The molecule has 0 atom stereocenters. The standard InChI is InChI=1S/C37H36FN5O4S.C2H6/c1-6-31(44)42-20-27(21-42)43-19-25(17-39-43)34-32(28-10-9-26(38)16-30(28)46-5)35-29(12-14-48-35)33(40-34)23-7-8-24-18-41(13-11-22(24)15-23)36(45)47-37(2,3)4;1-2/h6-10,12,14-17,19,27H,1,11,13,18,20-21H2,2-5H3;1-2H3. The van der Waals surface area contributed by atoms with Crippen molar-refractivity contribution >= 4 is 33.4 Å². The van der Waals surface area contributed by atoms with E-state index in [1.54, 1.807) is 33.4 Å². The highest BCUT2D eigenvalue weighted by Gasteiger charge is 2.32. The van der Waals surface area contributed by atoms with E-state index in [9.17, 15) is 14.0 Å². The summed E-state index contributed by atoms with van der Waals surface area (Å²) >= 11 is 1.59. The Morgan fingerprint density at radius 1 is 1.02 bits per heavy atom. The molecule has 2 aliphatic rings. The summed E-state index contributed by atoms with van der Waals surface area (Å²) in [4.78, 5) is 33.6. The first kappa shape index (κ1) is 34.8. The van der Waals surface area contributed by atoms with Gasteiger partial charge in [0.1, 0.15) is 17.2 Å². The van der Waals surface area contributed by atoms with Crippen LogP contribution in [0.4, 0.5) is 9.18 Å². The fourth-order valence-electron chi connectivity index (χ4n) is 6.35. The first-order valence-electron chi connectivity index (χ1n) is 16.8. The molecule has 2 amide bonds. The number of aromatic nitrogens is 3. The van der Waals surface area contributed by atoms with Gasteiger partial charge in [-0.2, -0.15) is 5.10 Å². The molecule has 3 aromatic heterocycles. The Morgan fingerprint density at radius 3 is 2.52 bits per heavy atom. The highest BCUT2D eigenvalue weighted by atomic mass is 32.1. The third kappa shape index (κ3) is 6.74. The Labute approximate surface area is 295 Å². The van der Waals surface area contributed by atoms with Gasteiger partial charge in [0.2, 0.25) is 5.91 Å². The normalized spacial score (nSPS) is 14.4. The van der Waals surface area contributed by atoms with Gasteiger partial charge in [0.25, 0.3) is 0 Å². The van der Waals surface area contributed by atoms with Gasteiger partial charge in [-0.15, -0.1) is 11.3 Å². The van der Waals surface area contributed by atoms with Crippen molar-refractivity contribution in [2.24, 2.45) is 0 Å². The molecule has 0 bridgehead atoms. The van der Waals surface area contributed by atoms with Crippen LogP contribution >= 0.6 is 11.3 Å². The van der Waals surface area contributed by atoms with Crippen LogP contribution in [0.25, 0.3) is 43.7 Å². The number of nitrogens with zero attached hydrogens (tertiary/aromatic N) is 5. The first-order valence-corrected chi connectivity index (χ1v) is 17.7. The maximum absolute atomic E-state index is 14.4. The second-order valence-corrected chi connectivity index (χ2v) is 14.1. The van der Waals surface area contributed by atoms with E-state index < -0.39 is 5.60 Å². The van der Waals surface area contributed by atoms with E-state index in [0.717, 1.165) is 43.6 Å². The molecule has 50 heavy (non-hydrogen) atoms. The molecule has 0 spiro atoms.